The van der Waals surface area contributed by atoms with E-state index in [2.05, 4.69) is 49.6 Å². The molecule has 1 amide bonds. The van der Waals surface area contributed by atoms with Crippen molar-refractivity contribution in [3.8, 4) is 6.07 Å². The highest BCUT2D eigenvalue weighted by molar-refractivity contribution is 7.16. The summed E-state index contributed by atoms with van der Waals surface area (Å²) in [7, 11) is 0. The molecule has 0 spiro atoms. The fourth-order valence-electron chi connectivity index (χ4n) is 3.41. The van der Waals surface area contributed by atoms with Crippen molar-refractivity contribution in [2.45, 2.75) is 46.1 Å². The van der Waals surface area contributed by atoms with E-state index < -0.39 is 0 Å². The third-order valence-corrected chi connectivity index (χ3v) is 6.11. The van der Waals surface area contributed by atoms with Gasteiger partial charge in [-0.05, 0) is 55.0 Å². The number of nitrogens with zero attached hydrogens (tertiary/aromatic N) is 1. The Kier molecular flexibility index (Phi) is 5.22. The van der Waals surface area contributed by atoms with Crippen LogP contribution in [-0.4, -0.2) is 12.5 Å². The molecule has 130 valence electrons. The van der Waals surface area contributed by atoms with Crippen LogP contribution in [0.4, 0.5) is 5.00 Å². The van der Waals surface area contributed by atoms with Gasteiger partial charge in [-0.25, -0.2) is 0 Å². The fourth-order valence-corrected chi connectivity index (χ4v) is 4.60. The molecule has 0 saturated carbocycles. The van der Waals surface area contributed by atoms with Crippen molar-refractivity contribution >= 4 is 22.2 Å². The van der Waals surface area contributed by atoms with Crippen LogP contribution in [-0.2, 0) is 17.8 Å². The summed E-state index contributed by atoms with van der Waals surface area (Å²) in [6.07, 6.45) is 1.26. The van der Waals surface area contributed by atoms with E-state index in [0.29, 0.717) is 17.0 Å². The number of aryl methyl sites for hydroxylation is 1. The first-order valence-corrected chi connectivity index (χ1v) is 9.44. The average molecular weight is 353 g/mol. The van der Waals surface area contributed by atoms with Gasteiger partial charge in [-0.2, -0.15) is 5.26 Å². The number of benzene rings is 1. The molecule has 0 radical (unpaired) electrons. The van der Waals surface area contributed by atoms with Crippen LogP contribution in [0.25, 0.3) is 0 Å². The zero-order valence-corrected chi connectivity index (χ0v) is 15.7. The van der Waals surface area contributed by atoms with Crippen LogP contribution >= 0.6 is 11.3 Å². The molecule has 2 N–H and O–H groups in total. The standard InChI is InChI=1S/C20H23N3OS/c1-12-5-4-6-15(14(12)3)13(2)9-19(24)23-20-17(10-21)16-7-8-22-11-18(16)25-20/h4-6,13,22H,7-9,11H2,1-3H3,(H,23,24). The molecule has 0 fully saturated rings. The van der Waals surface area contributed by atoms with E-state index in [1.807, 2.05) is 6.07 Å². The normalized spacial score (nSPS) is 14.5. The van der Waals surface area contributed by atoms with E-state index in [1.54, 1.807) is 0 Å². The first kappa shape index (κ1) is 17.7. The third kappa shape index (κ3) is 3.60. The Morgan fingerprint density at radius 3 is 3.00 bits per heavy atom. The lowest BCUT2D eigenvalue weighted by molar-refractivity contribution is -0.116. The molecule has 1 aliphatic heterocycles. The second-order valence-electron chi connectivity index (χ2n) is 6.69. The van der Waals surface area contributed by atoms with Crippen LogP contribution in [0.1, 0.15) is 52.0 Å². The quantitative estimate of drug-likeness (QED) is 0.873. The van der Waals surface area contributed by atoms with E-state index >= 15 is 0 Å². The predicted octanol–water partition coefficient (Wildman–Crippen LogP) is 4.01. The maximum absolute atomic E-state index is 12.5. The molecule has 5 heteroatoms. The summed E-state index contributed by atoms with van der Waals surface area (Å²) < 4.78 is 0. The van der Waals surface area contributed by atoms with Crippen molar-refractivity contribution in [2.75, 3.05) is 11.9 Å². The van der Waals surface area contributed by atoms with Gasteiger partial charge in [0.1, 0.15) is 11.1 Å². The molecule has 0 bridgehead atoms. The van der Waals surface area contributed by atoms with Gasteiger partial charge < -0.3 is 10.6 Å². The molecule has 2 heterocycles. The van der Waals surface area contributed by atoms with E-state index in [9.17, 15) is 10.1 Å². The Balaban J connectivity index is 1.74. The maximum Gasteiger partial charge on any atom is 0.225 e. The second-order valence-corrected chi connectivity index (χ2v) is 7.79. The zero-order valence-electron chi connectivity index (χ0n) is 14.9. The van der Waals surface area contributed by atoms with Crippen LogP contribution in [0, 0.1) is 25.2 Å². The van der Waals surface area contributed by atoms with Crippen LogP contribution in [0.5, 0.6) is 0 Å². The van der Waals surface area contributed by atoms with Gasteiger partial charge in [0, 0.05) is 17.8 Å². The van der Waals surface area contributed by atoms with Gasteiger partial charge in [-0.3, -0.25) is 4.79 Å². The molecule has 0 saturated heterocycles. The number of fused-ring (bicyclic) bond motifs is 1. The minimum absolute atomic E-state index is 0.0311. The van der Waals surface area contributed by atoms with Gasteiger partial charge in [-0.15, -0.1) is 11.3 Å². The van der Waals surface area contributed by atoms with Crippen molar-refractivity contribution in [1.82, 2.24) is 5.32 Å². The summed E-state index contributed by atoms with van der Waals surface area (Å²) in [5, 5.41) is 16.5. The number of nitrogens with one attached hydrogen (secondary N) is 2. The summed E-state index contributed by atoms with van der Waals surface area (Å²) in [4.78, 5) is 13.7. The van der Waals surface area contributed by atoms with Gasteiger partial charge in [0.05, 0.1) is 5.56 Å². The maximum atomic E-state index is 12.5. The van der Waals surface area contributed by atoms with E-state index in [1.165, 1.54) is 32.9 Å². The van der Waals surface area contributed by atoms with E-state index in [0.717, 1.165) is 25.1 Å². The van der Waals surface area contributed by atoms with E-state index in [-0.39, 0.29) is 11.8 Å². The third-order valence-electron chi connectivity index (χ3n) is 4.96. The Morgan fingerprint density at radius 1 is 1.44 bits per heavy atom. The predicted molar refractivity (Wildman–Crippen MR) is 102 cm³/mol. The smallest absolute Gasteiger partial charge is 0.225 e. The van der Waals surface area contributed by atoms with Crippen molar-refractivity contribution < 1.29 is 4.79 Å². The fraction of sp³-hybridized carbons (Fsp3) is 0.400. The zero-order chi connectivity index (χ0) is 18.0. The highest BCUT2D eigenvalue weighted by Gasteiger charge is 2.22. The Labute approximate surface area is 152 Å². The van der Waals surface area contributed by atoms with Gasteiger partial charge >= 0.3 is 0 Å². The average Bonchev–Trinajstić information content (AvgIpc) is 2.93. The SMILES string of the molecule is Cc1cccc(C(C)CC(=O)Nc2sc3c(c2C#N)CCNC3)c1C. The molecule has 0 aliphatic carbocycles. The van der Waals surface area contributed by atoms with Crippen molar-refractivity contribution in [3.63, 3.8) is 0 Å². The summed E-state index contributed by atoms with van der Waals surface area (Å²) >= 11 is 1.53. The molecule has 25 heavy (non-hydrogen) atoms. The summed E-state index contributed by atoms with van der Waals surface area (Å²) in [6, 6.07) is 8.51. The van der Waals surface area contributed by atoms with E-state index in [4.69, 9.17) is 0 Å². The molecule has 1 aliphatic rings. The largest absolute Gasteiger partial charge is 0.317 e. The van der Waals surface area contributed by atoms with Crippen LogP contribution in [0.3, 0.4) is 0 Å². The molecule has 2 aromatic rings. The van der Waals surface area contributed by atoms with Crippen molar-refractivity contribution in [1.29, 1.82) is 5.26 Å². The lowest BCUT2D eigenvalue weighted by atomic mass is 9.91. The Morgan fingerprint density at radius 2 is 2.24 bits per heavy atom. The second kappa shape index (κ2) is 7.38. The van der Waals surface area contributed by atoms with Gasteiger partial charge in [0.2, 0.25) is 5.91 Å². The number of thiophene rings is 1. The number of anilines is 1. The van der Waals surface area contributed by atoms with Crippen LogP contribution in [0.15, 0.2) is 18.2 Å². The lowest BCUT2D eigenvalue weighted by Gasteiger charge is -2.16. The minimum Gasteiger partial charge on any atom is -0.317 e. The lowest BCUT2D eigenvalue weighted by Crippen LogP contribution is -2.22. The number of nitriles is 1. The number of amides is 1. The number of carbonyl (C=O) groups excluding carboxylic acids is 1. The highest BCUT2D eigenvalue weighted by Crippen LogP contribution is 2.35. The molecule has 4 nitrogen and oxygen atoms in total. The molecule has 1 aromatic carbocycles. The topological polar surface area (TPSA) is 64.9 Å². The van der Waals surface area contributed by atoms with Gasteiger partial charge in [0.25, 0.3) is 0 Å². The molecule has 3 rings (SSSR count). The molecule has 1 aromatic heterocycles. The number of hydrogen-bond acceptors (Lipinski definition) is 4. The minimum atomic E-state index is -0.0311. The summed E-state index contributed by atoms with van der Waals surface area (Å²) in [6.45, 7) is 7.94. The Hall–Kier alpha value is -2.16. The number of hydrogen-bond donors (Lipinski definition) is 2. The number of carbonyl (C=O) groups is 1. The molecular formula is C20H23N3OS. The summed E-state index contributed by atoms with van der Waals surface area (Å²) in [5.41, 5.74) is 5.46. The summed E-state index contributed by atoms with van der Waals surface area (Å²) in [5.74, 6) is 0.109. The molecule has 1 atom stereocenters. The number of rotatable bonds is 4. The van der Waals surface area contributed by atoms with Crippen LogP contribution < -0.4 is 10.6 Å². The van der Waals surface area contributed by atoms with Crippen molar-refractivity contribution in [2.24, 2.45) is 0 Å². The highest BCUT2D eigenvalue weighted by atomic mass is 32.1. The first-order chi connectivity index (χ1) is 12.0. The first-order valence-electron chi connectivity index (χ1n) is 8.62. The monoisotopic (exact) mass is 353 g/mol. The van der Waals surface area contributed by atoms with Gasteiger partial charge in [0.15, 0.2) is 0 Å². The van der Waals surface area contributed by atoms with Gasteiger partial charge in [-0.1, -0.05) is 25.1 Å². The van der Waals surface area contributed by atoms with Crippen molar-refractivity contribution in [3.05, 3.63) is 50.9 Å². The van der Waals surface area contributed by atoms with Crippen LogP contribution in [0.2, 0.25) is 0 Å². The molecular weight excluding hydrogens is 330 g/mol. The Bertz CT molecular complexity index is 847. The molecule has 1 unspecified atom stereocenters.